The molecular weight excluding hydrogens is 492 g/mol. The number of carbonyl (C=O) groups excluding carboxylic acids is 3. The van der Waals surface area contributed by atoms with E-state index in [0.717, 1.165) is 5.56 Å². The van der Waals surface area contributed by atoms with E-state index in [-0.39, 0.29) is 31.2 Å². The summed E-state index contributed by atoms with van der Waals surface area (Å²) in [7, 11) is 3.02. The van der Waals surface area contributed by atoms with Gasteiger partial charge < -0.3 is 34.6 Å². The molecule has 0 radical (unpaired) electrons. The summed E-state index contributed by atoms with van der Waals surface area (Å²) >= 11 is 0. The van der Waals surface area contributed by atoms with Crippen molar-refractivity contribution < 1.29 is 38.8 Å². The van der Waals surface area contributed by atoms with Gasteiger partial charge in [-0.3, -0.25) is 14.4 Å². The summed E-state index contributed by atoms with van der Waals surface area (Å²) in [4.78, 5) is 39.2. The molecule has 0 saturated heterocycles. The van der Waals surface area contributed by atoms with E-state index < -0.39 is 30.1 Å². The number of amides is 2. The molecule has 0 bridgehead atoms. The number of carbonyl (C=O) groups is 3. The number of hydrogen-bond acceptors (Lipinski definition) is 8. The predicted octanol–water partition coefficient (Wildman–Crippen LogP) is 1.23. The minimum absolute atomic E-state index is 0.0262. The monoisotopic (exact) mass is 524 g/mol. The smallest absolute Gasteiger partial charge is 0.247 e. The molecule has 2 aromatic rings. The Bertz CT molecular complexity index is 1240. The van der Waals surface area contributed by atoms with Gasteiger partial charge in [0.05, 0.1) is 32.8 Å². The highest BCUT2D eigenvalue weighted by Gasteiger charge is 2.51. The first-order valence-electron chi connectivity index (χ1n) is 12.4. The number of aldehydes is 1. The zero-order chi connectivity index (χ0) is 27.4. The van der Waals surface area contributed by atoms with Crippen molar-refractivity contribution >= 4 is 18.1 Å². The largest absolute Gasteiger partial charge is 0.497 e. The van der Waals surface area contributed by atoms with Gasteiger partial charge in [0.15, 0.2) is 11.5 Å². The average molecular weight is 525 g/mol. The molecule has 4 unspecified atom stereocenters. The van der Waals surface area contributed by atoms with Crippen LogP contribution in [-0.4, -0.2) is 85.4 Å². The number of fused-ring (bicyclic) bond motifs is 3. The van der Waals surface area contributed by atoms with Gasteiger partial charge in [0, 0.05) is 36.7 Å². The zero-order valence-electron chi connectivity index (χ0n) is 21.5. The summed E-state index contributed by atoms with van der Waals surface area (Å²) in [5.74, 6) is -0.122. The Morgan fingerprint density at radius 2 is 1.97 bits per heavy atom. The number of nitrogens with one attached hydrogen (secondary N) is 1. The Morgan fingerprint density at radius 1 is 1.18 bits per heavy atom. The highest BCUT2D eigenvalue weighted by molar-refractivity contribution is 5.96. The Kier molecular flexibility index (Phi) is 8.33. The van der Waals surface area contributed by atoms with Gasteiger partial charge in [-0.2, -0.15) is 0 Å². The number of aliphatic hydroxyl groups excluding tert-OH is 2. The molecule has 2 aliphatic rings. The summed E-state index contributed by atoms with van der Waals surface area (Å²) in [6.07, 6.45) is 0.656. The summed E-state index contributed by atoms with van der Waals surface area (Å²) in [5.41, 5.74) is 2.08. The zero-order valence-corrected chi connectivity index (χ0v) is 21.5. The Labute approximate surface area is 220 Å². The standard InChI is InChI=1S/C28H32N2O8/c1-16(33)30(9-7-17-5-4-6-19(11-17)36-2)22-14-21(28(35)29-8-10-31)24-20-12-18(15-32)13-23(37-3)26(20)38-27(24)25(22)34/h4-6,11-15,22,24-25,27,31,34H,7-10H2,1-3H3,(H,29,35). The second-order valence-corrected chi connectivity index (χ2v) is 9.22. The molecule has 4 rings (SSSR count). The maximum atomic E-state index is 13.3. The van der Waals surface area contributed by atoms with E-state index in [1.165, 1.54) is 25.0 Å². The molecule has 0 saturated carbocycles. The van der Waals surface area contributed by atoms with Gasteiger partial charge in [-0.05, 0) is 42.3 Å². The lowest BCUT2D eigenvalue weighted by Crippen LogP contribution is -2.55. The number of benzene rings is 2. The summed E-state index contributed by atoms with van der Waals surface area (Å²) in [6, 6.07) is 9.77. The predicted molar refractivity (Wildman–Crippen MR) is 138 cm³/mol. The van der Waals surface area contributed by atoms with Crippen molar-refractivity contribution in [2.75, 3.05) is 33.9 Å². The first-order valence-corrected chi connectivity index (χ1v) is 12.4. The van der Waals surface area contributed by atoms with Crippen LogP contribution in [0.25, 0.3) is 0 Å². The summed E-state index contributed by atoms with van der Waals surface area (Å²) < 4.78 is 16.9. The van der Waals surface area contributed by atoms with E-state index in [2.05, 4.69) is 5.32 Å². The Morgan fingerprint density at radius 3 is 2.63 bits per heavy atom. The van der Waals surface area contributed by atoms with Crippen LogP contribution in [-0.2, 0) is 16.0 Å². The second-order valence-electron chi connectivity index (χ2n) is 9.22. The van der Waals surface area contributed by atoms with Gasteiger partial charge in [0.2, 0.25) is 11.8 Å². The summed E-state index contributed by atoms with van der Waals surface area (Å²) in [6.45, 7) is 1.45. The van der Waals surface area contributed by atoms with Crippen LogP contribution in [0.15, 0.2) is 48.0 Å². The van der Waals surface area contributed by atoms with Crippen LogP contribution in [0.2, 0.25) is 0 Å². The van der Waals surface area contributed by atoms with Gasteiger partial charge >= 0.3 is 0 Å². The first kappa shape index (κ1) is 27.2. The lowest BCUT2D eigenvalue weighted by Gasteiger charge is -2.40. The topological polar surface area (TPSA) is 135 Å². The van der Waals surface area contributed by atoms with E-state index in [0.29, 0.717) is 41.1 Å². The molecule has 1 aliphatic carbocycles. The van der Waals surface area contributed by atoms with E-state index in [4.69, 9.17) is 14.2 Å². The third kappa shape index (κ3) is 5.23. The van der Waals surface area contributed by atoms with Crippen molar-refractivity contribution in [1.29, 1.82) is 0 Å². The third-order valence-corrected chi connectivity index (χ3v) is 6.95. The van der Waals surface area contributed by atoms with E-state index >= 15 is 0 Å². The fourth-order valence-electron chi connectivity index (χ4n) is 5.15. The van der Waals surface area contributed by atoms with Crippen molar-refractivity contribution in [1.82, 2.24) is 10.2 Å². The molecule has 10 heteroatoms. The SMILES string of the molecule is COc1cccc(CCN(C(C)=O)C2C=C(C(=O)NCCO)C3c4cc(C=O)cc(OC)c4OC3C2O)c1. The van der Waals surface area contributed by atoms with E-state index in [1.807, 2.05) is 24.3 Å². The van der Waals surface area contributed by atoms with Crippen LogP contribution in [0.5, 0.6) is 17.2 Å². The third-order valence-electron chi connectivity index (χ3n) is 6.95. The molecule has 0 fully saturated rings. The van der Waals surface area contributed by atoms with Crippen molar-refractivity contribution in [2.45, 2.75) is 37.5 Å². The molecule has 1 aliphatic heterocycles. The van der Waals surface area contributed by atoms with Crippen molar-refractivity contribution in [3.05, 3.63) is 64.7 Å². The fraction of sp³-hybridized carbons (Fsp3) is 0.393. The second kappa shape index (κ2) is 11.7. The first-order chi connectivity index (χ1) is 18.3. The molecule has 202 valence electrons. The molecule has 2 amide bonds. The molecule has 3 N–H and O–H groups in total. The van der Waals surface area contributed by atoms with Crippen LogP contribution in [0, 0.1) is 0 Å². The van der Waals surface area contributed by atoms with Crippen LogP contribution < -0.4 is 19.5 Å². The Hall–Kier alpha value is -3.89. The molecule has 2 aromatic carbocycles. The van der Waals surface area contributed by atoms with Crippen LogP contribution in [0.1, 0.15) is 34.3 Å². The van der Waals surface area contributed by atoms with Gasteiger partial charge in [0.1, 0.15) is 24.2 Å². The molecule has 4 atom stereocenters. The number of rotatable bonds is 10. The normalized spacial score (nSPS) is 21.3. The van der Waals surface area contributed by atoms with Crippen LogP contribution in [0.3, 0.4) is 0 Å². The molecule has 1 heterocycles. The van der Waals surface area contributed by atoms with Crippen molar-refractivity contribution in [2.24, 2.45) is 0 Å². The van der Waals surface area contributed by atoms with Gasteiger partial charge in [-0.25, -0.2) is 0 Å². The lowest BCUT2D eigenvalue weighted by molar-refractivity contribution is -0.134. The summed E-state index contributed by atoms with van der Waals surface area (Å²) in [5, 5.41) is 23.4. The maximum absolute atomic E-state index is 13.3. The minimum atomic E-state index is -1.18. The van der Waals surface area contributed by atoms with Gasteiger partial charge in [-0.1, -0.05) is 12.1 Å². The Balaban J connectivity index is 1.73. The molecule has 0 aromatic heterocycles. The number of hydrogen-bond donors (Lipinski definition) is 3. The molecule has 38 heavy (non-hydrogen) atoms. The average Bonchev–Trinajstić information content (AvgIpc) is 3.32. The van der Waals surface area contributed by atoms with Gasteiger partial charge in [0.25, 0.3) is 0 Å². The highest BCUT2D eigenvalue weighted by atomic mass is 16.5. The number of nitrogens with zero attached hydrogens (tertiary/aromatic N) is 1. The van der Waals surface area contributed by atoms with Gasteiger partial charge in [-0.15, -0.1) is 0 Å². The fourth-order valence-corrected chi connectivity index (χ4v) is 5.15. The molecule has 10 nitrogen and oxygen atoms in total. The quantitative estimate of drug-likeness (QED) is 0.395. The number of methoxy groups -OCH3 is 2. The van der Waals surface area contributed by atoms with Crippen molar-refractivity contribution in [3.8, 4) is 17.2 Å². The number of aliphatic hydroxyl groups is 2. The van der Waals surface area contributed by atoms with E-state index in [1.54, 1.807) is 19.3 Å². The molecular formula is C28H32N2O8. The minimum Gasteiger partial charge on any atom is -0.497 e. The lowest BCUT2D eigenvalue weighted by atomic mass is 9.77. The number of ether oxygens (including phenoxy) is 3. The molecule has 0 spiro atoms. The van der Waals surface area contributed by atoms with Crippen LogP contribution in [0.4, 0.5) is 0 Å². The van der Waals surface area contributed by atoms with Crippen LogP contribution >= 0.6 is 0 Å². The van der Waals surface area contributed by atoms with Crippen molar-refractivity contribution in [3.63, 3.8) is 0 Å². The highest BCUT2D eigenvalue weighted by Crippen LogP contribution is 2.51. The maximum Gasteiger partial charge on any atom is 0.247 e. The van der Waals surface area contributed by atoms with E-state index in [9.17, 15) is 24.6 Å².